The molecule has 1 atom stereocenters. The first-order valence-electron chi connectivity index (χ1n) is 8.96. The molecule has 2 rings (SSSR count). The number of rotatable bonds is 8. The van der Waals surface area contributed by atoms with Gasteiger partial charge in [-0.3, -0.25) is 9.79 Å². The van der Waals surface area contributed by atoms with Crippen LogP contribution in [0.5, 0.6) is 0 Å². The lowest BCUT2D eigenvalue weighted by Crippen LogP contribution is -2.39. The summed E-state index contributed by atoms with van der Waals surface area (Å²) in [5, 5.41) is 11.6. The van der Waals surface area contributed by atoms with Gasteiger partial charge in [-0.05, 0) is 48.4 Å². The summed E-state index contributed by atoms with van der Waals surface area (Å²) in [5.41, 5.74) is 1.79. The van der Waals surface area contributed by atoms with Crippen molar-refractivity contribution in [1.82, 2.24) is 16.0 Å². The zero-order valence-corrected chi connectivity index (χ0v) is 19.3. The van der Waals surface area contributed by atoms with Gasteiger partial charge in [0.2, 0.25) is 0 Å². The highest BCUT2D eigenvalue weighted by Gasteiger charge is 2.07. The van der Waals surface area contributed by atoms with Crippen molar-refractivity contribution in [3.8, 4) is 0 Å². The minimum atomic E-state index is -0.0378. The van der Waals surface area contributed by atoms with Crippen molar-refractivity contribution < 1.29 is 4.79 Å². The van der Waals surface area contributed by atoms with Crippen LogP contribution in [-0.4, -0.2) is 32.0 Å². The van der Waals surface area contributed by atoms with Crippen molar-refractivity contribution in [2.24, 2.45) is 10.9 Å². The Morgan fingerprint density at radius 3 is 2.48 bits per heavy atom. The van der Waals surface area contributed by atoms with E-state index in [1.165, 1.54) is 4.88 Å². The lowest BCUT2D eigenvalue weighted by atomic mass is 10.1. The number of nitrogens with zero attached hydrogens (tertiary/aromatic N) is 1. The largest absolute Gasteiger partial charge is 0.356 e. The van der Waals surface area contributed by atoms with E-state index < -0.39 is 0 Å². The third kappa shape index (κ3) is 8.30. The van der Waals surface area contributed by atoms with Gasteiger partial charge in [0.25, 0.3) is 5.91 Å². The number of halogens is 1. The SMILES string of the molecule is CCNC(=O)c1ccc(CNC(=NC)NCC(C)Cc2cccs2)cc1.I. The number of hydrogen-bond donors (Lipinski definition) is 3. The van der Waals surface area contributed by atoms with E-state index in [1.807, 2.05) is 31.2 Å². The Morgan fingerprint density at radius 2 is 1.89 bits per heavy atom. The monoisotopic (exact) mass is 500 g/mol. The van der Waals surface area contributed by atoms with Crippen molar-refractivity contribution in [3.63, 3.8) is 0 Å². The van der Waals surface area contributed by atoms with Crippen LogP contribution in [0.1, 0.15) is 34.6 Å². The number of benzene rings is 1. The molecule has 1 aromatic carbocycles. The first-order chi connectivity index (χ1) is 12.6. The fraction of sp³-hybridized carbons (Fsp3) is 0.400. The molecule has 0 fully saturated rings. The van der Waals surface area contributed by atoms with Crippen LogP contribution in [0.2, 0.25) is 0 Å². The lowest BCUT2D eigenvalue weighted by Gasteiger charge is -2.15. The van der Waals surface area contributed by atoms with Gasteiger partial charge in [-0.1, -0.05) is 25.1 Å². The molecule has 0 aliphatic rings. The van der Waals surface area contributed by atoms with Crippen LogP contribution in [0.25, 0.3) is 0 Å². The van der Waals surface area contributed by atoms with Crippen molar-refractivity contribution in [2.75, 3.05) is 20.1 Å². The summed E-state index contributed by atoms with van der Waals surface area (Å²) >= 11 is 1.80. The Kier molecular flexibility index (Phi) is 11.0. The minimum absolute atomic E-state index is 0. The molecule has 1 unspecified atom stereocenters. The Bertz CT molecular complexity index is 701. The Balaban J connectivity index is 0.00000364. The van der Waals surface area contributed by atoms with E-state index >= 15 is 0 Å². The predicted octanol–water partition coefficient (Wildman–Crippen LogP) is 3.66. The molecule has 0 spiro atoms. The molecule has 0 saturated heterocycles. The quantitative estimate of drug-likeness (QED) is 0.295. The smallest absolute Gasteiger partial charge is 0.251 e. The normalized spacial score (nSPS) is 12.0. The number of aliphatic imine (C=N–C) groups is 1. The van der Waals surface area contributed by atoms with Crippen molar-refractivity contribution in [3.05, 3.63) is 57.8 Å². The Hall–Kier alpha value is -1.61. The summed E-state index contributed by atoms with van der Waals surface area (Å²) in [5.74, 6) is 1.28. The van der Waals surface area contributed by atoms with Gasteiger partial charge < -0.3 is 16.0 Å². The van der Waals surface area contributed by atoms with E-state index in [1.54, 1.807) is 18.4 Å². The summed E-state index contributed by atoms with van der Waals surface area (Å²) in [6.07, 6.45) is 1.07. The molecule has 3 N–H and O–H groups in total. The minimum Gasteiger partial charge on any atom is -0.356 e. The zero-order valence-electron chi connectivity index (χ0n) is 16.1. The molecule has 1 heterocycles. The maximum Gasteiger partial charge on any atom is 0.251 e. The van der Waals surface area contributed by atoms with Crippen molar-refractivity contribution >= 4 is 47.2 Å². The fourth-order valence-electron chi connectivity index (χ4n) is 2.56. The molecule has 0 aliphatic heterocycles. The fourth-order valence-corrected chi connectivity index (χ4v) is 3.43. The van der Waals surface area contributed by atoms with Gasteiger partial charge in [0, 0.05) is 37.1 Å². The van der Waals surface area contributed by atoms with E-state index in [9.17, 15) is 4.79 Å². The van der Waals surface area contributed by atoms with E-state index in [2.05, 4.69) is 45.4 Å². The Morgan fingerprint density at radius 1 is 1.15 bits per heavy atom. The van der Waals surface area contributed by atoms with Gasteiger partial charge in [-0.15, -0.1) is 35.3 Å². The molecule has 0 aliphatic carbocycles. The topological polar surface area (TPSA) is 65.5 Å². The number of hydrogen-bond acceptors (Lipinski definition) is 3. The van der Waals surface area contributed by atoms with E-state index in [0.717, 1.165) is 24.5 Å². The predicted molar refractivity (Wildman–Crippen MR) is 125 cm³/mol. The van der Waals surface area contributed by atoms with Gasteiger partial charge in [0.15, 0.2) is 5.96 Å². The van der Waals surface area contributed by atoms with Gasteiger partial charge in [-0.25, -0.2) is 0 Å². The number of carbonyl (C=O) groups is 1. The third-order valence-corrected chi connectivity index (χ3v) is 4.88. The van der Waals surface area contributed by atoms with Crippen LogP contribution in [0, 0.1) is 5.92 Å². The van der Waals surface area contributed by atoms with Crippen LogP contribution in [-0.2, 0) is 13.0 Å². The number of guanidine groups is 1. The van der Waals surface area contributed by atoms with E-state index in [0.29, 0.717) is 24.6 Å². The first kappa shape index (κ1) is 23.4. The van der Waals surface area contributed by atoms with E-state index in [4.69, 9.17) is 0 Å². The average Bonchev–Trinajstić information content (AvgIpc) is 3.15. The van der Waals surface area contributed by atoms with E-state index in [-0.39, 0.29) is 29.9 Å². The summed E-state index contributed by atoms with van der Waals surface area (Å²) < 4.78 is 0. The second-order valence-electron chi connectivity index (χ2n) is 6.25. The summed E-state index contributed by atoms with van der Waals surface area (Å²) in [6, 6.07) is 11.9. The van der Waals surface area contributed by atoms with Crippen LogP contribution in [0.4, 0.5) is 0 Å². The second kappa shape index (κ2) is 12.7. The molecule has 5 nitrogen and oxygen atoms in total. The summed E-state index contributed by atoms with van der Waals surface area (Å²) in [6.45, 7) is 6.31. The molecular weight excluding hydrogens is 471 g/mol. The number of amides is 1. The van der Waals surface area contributed by atoms with Crippen LogP contribution in [0.15, 0.2) is 46.8 Å². The molecule has 2 aromatic rings. The third-order valence-electron chi connectivity index (χ3n) is 3.98. The number of carbonyl (C=O) groups excluding carboxylic acids is 1. The first-order valence-corrected chi connectivity index (χ1v) is 9.84. The Labute approximate surface area is 183 Å². The highest BCUT2D eigenvalue weighted by molar-refractivity contribution is 14.0. The molecule has 0 saturated carbocycles. The van der Waals surface area contributed by atoms with Crippen LogP contribution < -0.4 is 16.0 Å². The molecular formula is C20H29IN4OS. The van der Waals surface area contributed by atoms with Gasteiger partial charge >= 0.3 is 0 Å². The molecule has 27 heavy (non-hydrogen) atoms. The molecule has 1 aromatic heterocycles. The van der Waals surface area contributed by atoms with Gasteiger partial charge in [0.1, 0.15) is 0 Å². The summed E-state index contributed by atoms with van der Waals surface area (Å²) in [4.78, 5) is 17.5. The lowest BCUT2D eigenvalue weighted by molar-refractivity contribution is 0.0956. The van der Waals surface area contributed by atoms with Crippen LogP contribution in [0.3, 0.4) is 0 Å². The molecule has 1 amide bonds. The highest BCUT2D eigenvalue weighted by atomic mass is 127. The number of nitrogens with one attached hydrogen (secondary N) is 3. The molecule has 148 valence electrons. The molecule has 0 radical (unpaired) electrons. The standard InChI is InChI=1S/C20H28N4OS.HI/c1-4-22-19(25)17-9-7-16(8-10-17)14-24-20(21-3)23-13-15(2)12-18-6-5-11-26-18;/h5-11,15H,4,12-14H2,1-3H3,(H,22,25)(H2,21,23,24);1H. The summed E-state index contributed by atoms with van der Waals surface area (Å²) in [7, 11) is 1.78. The van der Waals surface area contributed by atoms with Crippen LogP contribution >= 0.6 is 35.3 Å². The maximum atomic E-state index is 11.8. The second-order valence-corrected chi connectivity index (χ2v) is 7.28. The van der Waals surface area contributed by atoms with Crippen molar-refractivity contribution in [2.45, 2.75) is 26.8 Å². The van der Waals surface area contributed by atoms with Gasteiger partial charge in [-0.2, -0.15) is 0 Å². The number of thiophene rings is 1. The van der Waals surface area contributed by atoms with Gasteiger partial charge in [0.05, 0.1) is 0 Å². The molecule has 7 heteroatoms. The maximum absolute atomic E-state index is 11.8. The van der Waals surface area contributed by atoms with Crippen molar-refractivity contribution in [1.29, 1.82) is 0 Å². The highest BCUT2D eigenvalue weighted by Crippen LogP contribution is 2.13. The zero-order chi connectivity index (χ0) is 18.8. The average molecular weight is 500 g/mol. The molecule has 0 bridgehead atoms.